The second-order valence-electron chi connectivity index (χ2n) is 5.24. The Bertz CT molecular complexity index is 394. The Morgan fingerprint density at radius 1 is 1.37 bits per heavy atom. The second kappa shape index (κ2) is 7.24. The molecule has 19 heavy (non-hydrogen) atoms. The minimum atomic E-state index is -0.384. The lowest BCUT2D eigenvalue weighted by Gasteiger charge is -2.21. The van der Waals surface area contributed by atoms with Crippen LogP contribution in [0.5, 0.6) is 0 Å². The van der Waals surface area contributed by atoms with Crippen molar-refractivity contribution in [3.63, 3.8) is 0 Å². The van der Waals surface area contributed by atoms with Crippen LogP contribution in [-0.4, -0.2) is 28.1 Å². The van der Waals surface area contributed by atoms with Gasteiger partial charge >= 0.3 is 0 Å². The average Bonchev–Trinajstić information content (AvgIpc) is 2.63. The first kappa shape index (κ1) is 14.0. The van der Waals surface area contributed by atoms with Crippen LogP contribution in [0.3, 0.4) is 0 Å². The number of nitrogens with one attached hydrogen (secondary N) is 1. The van der Waals surface area contributed by atoms with Gasteiger partial charge < -0.3 is 10.4 Å². The fraction of sp³-hybridized carbons (Fsp3) is 0.600. The van der Waals surface area contributed by atoms with Gasteiger partial charge in [0.2, 0.25) is 5.91 Å². The highest BCUT2D eigenvalue weighted by molar-refractivity contribution is 5.76. The number of aliphatic hydroxyl groups excluding tert-OH is 1. The number of carbonyl (C=O) groups excluding carboxylic acids is 1. The van der Waals surface area contributed by atoms with Crippen molar-refractivity contribution in [2.45, 2.75) is 57.1 Å². The Hall–Kier alpha value is -1.42. The van der Waals surface area contributed by atoms with E-state index in [2.05, 4.69) is 10.3 Å². The van der Waals surface area contributed by atoms with Gasteiger partial charge in [-0.2, -0.15) is 0 Å². The van der Waals surface area contributed by atoms with Crippen LogP contribution in [0.15, 0.2) is 24.5 Å². The van der Waals surface area contributed by atoms with Crippen LogP contribution < -0.4 is 5.32 Å². The van der Waals surface area contributed by atoms with E-state index in [1.165, 1.54) is 0 Å². The zero-order chi connectivity index (χ0) is 13.5. The van der Waals surface area contributed by atoms with Crippen molar-refractivity contribution in [2.75, 3.05) is 0 Å². The van der Waals surface area contributed by atoms with Crippen LogP contribution in [0, 0.1) is 0 Å². The maximum atomic E-state index is 11.9. The van der Waals surface area contributed by atoms with Crippen LogP contribution in [-0.2, 0) is 11.2 Å². The van der Waals surface area contributed by atoms with E-state index in [0.717, 1.165) is 37.7 Å². The van der Waals surface area contributed by atoms with E-state index in [4.69, 9.17) is 0 Å². The first-order valence-electron chi connectivity index (χ1n) is 7.12. The zero-order valence-electron chi connectivity index (χ0n) is 11.2. The molecule has 0 aliphatic heterocycles. The Balaban J connectivity index is 1.77. The number of aliphatic hydroxyl groups is 1. The predicted octanol–water partition coefficient (Wildman–Crippen LogP) is 1.82. The van der Waals surface area contributed by atoms with E-state index in [1.54, 1.807) is 12.4 Å². The van der Waals surface area contributed by atoms with Crippen molar-refractivity contribution in [2.24, 2.45) is 0 Å². The first-order valence-corrected chi connectivity index (χ1v) is 7.12. The molecule has 0 radical (unpaired) electrons. The molecule has 1 aromatic rings. The number of aryl methyl sites for hydroxylation is 1. The molecule has 0 bridgehead atoms. The summed E-state index contributed by atoms with van der Waals surface area (Å²) in [5, 5.41) is 12.9. The second-order valence-corrected chi connectivity index (χ2v) is 5.24. The third-order valence-corrected chi connectivity index (χ3v) is 3.69. The van der Waals surface area contributed by atoms with Crippen LogP contribution >= 0.6 is 0 Å². The van der Waals surface area contributed by atoms with E-state index < -0.39 is 0 Å². The predicted molar refractivity (Wildman–Crippen MR) is 73.6 cm³/mol. The van der Waals surface area contributed by atoms with Crippen molar-refractivity contribution < 1.29 is 9.90 Å². The van der Waals surface area contributed by atoms with Crippen LogP contribution in [0.2, 0.25) is 0 Å². The Morgan fingerprint density at radius 2 is 2.21 bits per heavy atom. The number of hydrogen-bond donors (Lipinski definition) is 2. The largest absolute Gasteiger partial charge is 0.391 e. The van der Waals surface area contributed by atoms with E-state index in [1.807, 2.05) is 12.1 Å². The summed E-state index contributed by atoms with van der Waals surface area (Å²) in [6, 6.07) is 3.78. The molecule has 0 saturated heterocycles. The molecule has 1 fully saturated rings. The SMILES string of the molecule is O=C(CCc1cccnc1)NC1CCCCCC1O. The number of hydrogen-bond acceptors (Lipinski definition) is 3. The number of amides is 1. The van der Waals surface area contributed by atoms with Crippen LogP contribution in [0.4, 0.5) is 0 Å². The molecule has 1 aliphatic carbocycles. The van der Waals surface area contributed by atoms with Crippen molar-refractivity contribution in [3.05, 3.63) is 30.1 Å². The summed E-state index contributed by atoms with van der Waals surface area (Å²) >= 11 is 0. The molecule has 1 amide bonds. The van der Waals surface area contributed by atoms with E-state index in [9.17, 15) is 9.90 Å². The summed E-state index contributed by atoms with van der Waals surface area (Å²) in [5.74, 6) is 0.0230. The smallest absolute Gasteiger partial charge is 0.220 e. The number of nitrogens with zero attached hydrogens (tertiary/aromatic N) is 1. The molecule has 1 aliphatic rings. The minimum absolute atomic E-state index is 0.0230. The van der Waals surface area contributed by atoms with Gasteiger partial charge in [0.05, 0.1) is 12.1 Å². The molecule has 1 heterocycles. The van der Waals surface area contributed by atoms with Gasteiger partial charge in [-0.1, -0.05) is 25.3 Å². The van der Waals surface area contributed by atoms with Crippen molar-refractivity contribution in [1.29, 1.82) is 0 Å². The Labute approximate surface area is 114 Å². The van der Waals surface area contributed by atoms with Crippen molar-refractivity contribution in [3.8, 4) is 0 Å². The number of pyridine rings is 1. The normalized spacial score (nSPS) is 23.6. The third-order valence-electron chi connectivity index (χ3n) is 3.69. The Kier molecular flexibility index (Phi) is 5.33. The lowest BCUT2D eigenvalue weighted by atomic mass is 10.1. The van der Waals surface area contributed by atoms with Gasteiger partial charge in [-0.15, -0.1) is 0 Å². The van der Waals surface area contributed by atoms with Crippen molar-refractivity contribution in [1.82, 2.24) is 10.3 Å². The Morgan fingerprint density at radius 3 is 3.00 bits per heavy atom. The molecule has 0 spiro atoms. The summed E-state index contributed by atoms with van der Waals surface area (Å²) in [6.45, 7) is 0. The summed E-state index contributed by atoms with van der Waals surface area (Å²) in [6.07, 6.45) is 9.27. The van der Waals surface area contributed by atoms with Gasteiger partial charge in [-0.25, -0.2) is 0 Å². The summed E-state index contributed by atoms with van der Waals surface area (Å²) in [7, 11) is 0. The number of carbonyl (C=O) groups is 1. The summed E-state index contributed by atoms with van der Waals surface area (Å²) in [5.41, 5.74) is 1.07. The van der Waals surface area contributed by atoms with E-state index >= 15 is 0 Å². The molecule has 2 atom stereocenters. The standard InChI is InChI=1S/C15H22N2O2/c18-14-7-3-1-2-6-13(14)17-15(19)9-8-12-5-4-10-16-11-12/h4-5,10-11,13-14,18H,1-3,6-9H2,(H,17,19). The first-order chi connectivity index (χ1) is 9.25. The van der Waals surface area contributed by atoms with Crippen LogP contribution in [0.25, 0.3) is 0 Å². The lowest BCUT2D eigenvalue weighted by Crippen LogP contribution is -2.42. The third kappa shape index (κ3) is 4.63. The maximum Gasteiger partial charge on any atom is 0.220 e. The lowest BCUT2D eigenvalue weighted by molar-refractivity contribution is -0.122. The number of aromatic nitrogens is 1. The molecule has 4 nitrogen and oxygen atoms in total. The van der Waals surface area contributed by atoms with E-state index in [0.29, 0.717) is 12.8 Å². The molecule has 1 saturated carbocycles. The maximum absolute atomic E-state index is 11.9. The molecule has 2 rings (SSSR count). The monoisotopic (exact) mass is 262 g/mol. The highest BCUT2D eigenvalue weighted by Crippen LogP contribution is 2.18. The highest BCUT2D eigenvalue weighted by atomic mass is 16.3. The van der Waals surface area contributed by atoms with Gasteiger partial charge in [0, 0.05) is 18.8 Å². The fourth-order valence-corrected chi connectivity index (χ4v) is 2.54. The van der Waals surface area contributed by atoms with Gasteiger partial charge in [-0.05, 0) is 30.9 Å². The summed E-state index contributed by atoms with van der Waals surface area (Å²) in [4.78, 5) is 15.9. The molecule has 4 heteroatoms. The van der Waals surface area contributed by atoms with Crippen LogP contribution in [0.1, 0.15) is 44.1 Å². The minimum Gasteiger partial charge on any atom is -0.391 e. The average molecular weight is 262 g/mol. The molecule has 104 valence electrons. The number of rotatable bonds is 4. The molecular weight excluding hydrogens is 240 g/mol. The zero-order valence-corrected chi connectivity index (χ0v) is 11.2. The molecule has 2 unspecified atom stereocenters. The van der Waals surface area contributed by atoms with Gasteiger partial charge in [0.15, 0.2) is 0 Å². The van der Waals surface area contributed by atoms with Gasteiger partial charge in [0.25, 0.3) is 0 Å². The van der Waals surface area contributed by atoms with Gasteiger partial charge in [0.1, 0.15) is 0 Å². The summed E-state index contributed by atoms with van der Waals surface area (Å²) < 4.78 is 0. The van der Waals surface area contributed by atoms with Crippen molar-refractivity contribution >= 4 is 5.91 Å². The molecule has 1 aromatic heterocycles. The molecule has 2 N–H and O–H groups in total. The highest BCUT2D eigenvalue weighted by Gasteiger charge is 2.22. The molecular formula is C15H22N2O2. The van der Waals surface area contributed by atoms with Gasteiger partial charge in [-0.3, -0.25) is 9.78 Å². The molecule has 0 aromatic carbocycles. The fourth-order valence-electron chi connectivity index (χ4n) is 2.54. The topological polar surface area (TPSA) is 62.2 Å². The quantitative estimate of drug-likeness (QED) is 0.814. The van der Waals surface area contributed by atoms with E-state index in [-0.39, 0.29) is 18.1 Å².